The SMILES string of the molecule is CC(C)c1cccc(C(C)C)c1-n1ccnc1-c1[c-]c(Oc2cccc(-c3[c-]ccc4c3oc3ccccc34)n2)ccc1.[Pt+2]. The van der Waals surface area contributed by atoms with Crippen molar-refractivity contribution in [3.63, 3.8) is 0 Å². The minimum atomic E-state index is 0. The number of hydrogen-bond donors (Lipinski definition) is 0. The molecular formula is C38H31N3O2Pt. The molecule has 0 spiro atoms. The fourth-order valence-electron chi connectivity index (χ4n) is 5.72. The molecule has 0 amide bonds. The van der Waals surface area contributed by atoms with Crippen LogP contribution in [0.4, 0.5) is 0 Å². The van der Waals surface area contributed by atoms with Gasteiger partial charge >= 0.3 is 21.1 Å². The largest absolute Gasteiger partial charge is 2.00 e. The molecule has 3 aromatic heterocycles. The predicted molar refractivity (Wildman–Crippen MR) is 172 cm³/mol. The normalized spacial score (nSPS) is 11.4. The Kier molecular flexibility index (Phi) is 8.25. The van der Waals surface area contributed by atoms with Gasteiger partial charge < -0.3 is 13.7 Å². The molecule has 0 bridgehead atoms. The van der Waals surface area contributed by atoms with E-state index in [0.717, 1.165) is 44.6 Å². The summed E-state index contributed by atoms with van der Waals surface area (Å²) in [5.74, 6) is 2.56. The zero-order valence-electron chi connectivity index (χ0n) is 24.9. The van der Waals surface area contributed by atoms with Gasteiger partial charge in [-0.2, -0.15) is 0 Å². The van der Waals surface area contributed by atoms with E-state index in [1.807, 2.05) is 79.1 Å². The van der Waals surface area contributed by atoms with Crippen molar-refractivity contribution in [3.8, 4) is 40.0 Å². The van der Waals surface area contributed by atoms with Gasteiger partial charge in [-0.15, -0.1) is 42.0 Å². The van der Waals surface area contributed by atoms with Crippen molar-refractivity contribution in [3.05, 3.63) is 127 Å². The molecule has 0 saturated carbocycles. The first kappa shape index (κ1) is 29.6. The van der Waals surface area contributed by atoms with Crippen molar-refractivity contribution >= 4 is 21.9 Å². The Morgan fingerprint density at radius 2 is 1.55 bits per heavy atom. The summed E-state index contributed by atoms with van der Waals surface area (Å²) in [5, 5.41) is 2.11. The van der Waals surface area contributed by atoms with Gasteiger partial charge in [0.1, 0.15) is 5.58 Å². The van der Waals surface area contributed by atoms with Crippen LogP contribution in [-0.2, 0) is 21.1 Å². The van der Waals surface area contributed by atoms with Crippen molar-refractivity contribution in [2.45, 2.75) is 39.5 Å². The van der Waals surface area contributed by atoms with Crippen molar-refractivity contribution in [1.29, 1.82) is 0 Å². The molecule has 44 heavy (non-hydrogen) atoms. The molecule has 0 unspecified atom stereocenters. The van der Waals surface area contributed by atoms with Gasteiger partial charge in [-0.1, -0.05) is 93.2 Å². The topological polar surface area (TPSA) is 53.1 Å². The number of fused-ring (bicyclic) bond motifs is 3. The van der Waals surface area contributed by atoms with E-state index in [1.54, 1.807) is 0 Å². The first-order chi connectivity index (χ1) is 21.0. The summed E-state index contributed by atoms with van der Waals surface area (Å²) < 4.78 is 14.7. The Bertz CT molecular complexity index is 2060. The number of rotatable bonds is 7. The van der Waals surface area contributed by atoms with Crippen LogP contribution in [0.25, 0.3) is 50.3 Å². The van der Waals surface area contributed by atoms with Gasteiger partial charge in [-0.25, -0.2) is 0 Å². The maximum absolute atomic E-state index is 6.27. The molecule has 6 heteroatoms. The van der Waals surface area contributed by atoms with Gasteiger partial charge in [0, 0.05) is 29.2 Å². The standard InChI is InChI=1S/C38H31N3O2.Pt/c1-24(2)28-14-8-15-29(25(3)4)36(28)41-22-21-39-38(41)26-11-7-12-27(23-26)42-35-20-10-18-33(40-35)32-17-9-16-31-30-13-5-6-19-34(30)43-37(31)32;/h5-16,18-22,24-25H,1-4H3;/q-2;+2. The Hall–Kier alpha value is -4.47. The second kappa shape index (κ2) is 12.3. The minimum Gasteiger partial charge on any atom is -0.501 e. The van der Waals surface area contributed by atoms with Crippen LogP contribution in [0.3, 0.4) is 0 Å². The van der Waals surface area contributed by atoms with Crippen molar-refractivity contribution in [1.82, 2.24) is 14.5 Å². The van der Waals surface area contributed by atoms with Crippen LogP contribution in [0, 0.1) is 12.1 Å². The summed E-state index contributed by atoms with van der Waals surface area (Å²) in [5.41, 5.74) is 7.72. The summed E-state index contributed by atoms with van der Waals surface area (Å²) in [6.45, 7) is 8.92. The first-order valence-electron chi connectivity index (χ1n) is 14.6. The molecule has 220 valence electrons. The second-order valence-corrected chi connectivity index (χ2v) is 11.3. The molecule has 3 heterocycles. The molecule has 0 aliphatic rings. The number of ether oxygens (including phenoxy) is 1. The summed E-state index contributed by atoms with van der Waals surface area (Å²) in [4.78, 5) is 9.58. The van der Waals surface area contributed by atoms with E-state index in [0.29, 0.717) is 23.5 Å². The van der Waals surface area contributed by atoms with Crippen molar-refractivity contribution < 1.29 is 30.2 Å². The molecule has 0 fully saturated rings. The number of hydrogen-bond acceptors (Lipinski definition) is 4. The van der Waals surface area contributed by atoms with E-state index in [1.165, 1.54) is 16.8 Å². The summed E-state index contributed by atoms with van der Waals surface area (Å²) >= 11 is 0. The minimum absolute atomic E-state index is 0. The van der Waals surface area contributed by atoms with Gasteiger partial charge in [-0.05, 0) is 40.8 Å². The summed E-state index contributed by atoms with van der Waals surface area (Å²) in [6.07, 6.45) is 3.88. The summed E-state index contributed by atoms with van der Waals surface area (Å²) in [6, 6.07) is 36.9. The Labute approximate surface area is 271 Å². The van der Waals surface area contributed by atoms with Crippen LogP contribution in [-0.4, -0.2) is 14.5 Å². The maximum Gasteiger partial charge on any atom is 2.00 e. The number of aromatic nitrogens is 3. The Morgan fingerprint density at radius 1 is 0.795 bits per heavy atom. The van der Waals surface area contributed by atoms with Crippen LogP contribution in [0.5, 0.6) is 11.6 Å². The number of benzene rings is 4. The smallest absolute Gasteiger partial charge is 0.501 e. The van der Waals surface area contributed by atoms with Crippen LogP contribution in [0.15, 0.2) is 108 Å². The number of nitrogens with zero attached hydrogens (tertiary/aromatic N) is 3. The van der Waals surface area contributed by atoms with Crippen molar-refractivity contribution in [2.75, 3.05) is 0 Å². The molecule has 4 aromatic carbocycles. The van der Waals surface area contributed by atoms with E-state index >= 15 is 0 Å². The zero-order chi connectivity index (χ0) is 29.5. The molecule has 7 aromatic rings. The van der Waals surface area contributed by atoms with E-state index < -0.39 is 0 Å². The molecule has 7 rings (SSSR count). The average Bonchev–Trinajstić information content (AvgIpc) is 3.66. The quantitative estimate of drug-likeness (QED) is 0.152. The third-order valence-corrected chi connectivity index (χ3v) is 7.77. The molecule has 0 radical (unpaired) electrons. The van der Waals surface area contributed by atoms with Crippen LogP contribution in [0.2, 0.25) is 0 Å². The molecule has 0 atom stereocenters. The zero-order valence-corrected chi connectivity index (χ0v) is 27.2. The predicted octanol–water partition coefficient (Wildman–Crippen LogP) is 10.1. The van der Waals surface area contributed by atoms with E-state index in [-0.39, 0.29) is 21.1 Å². The summed E-state index contributed by atoms with van der Waals surface area (Å²) in [7, 11) is 0. The molecule has 0 aliphatic heterocycles. The van der Waals surface area contributed by atoms with Crippen LogP contribution >= 0.6 is 0 Å². The molecule has 0 aliphatic carbocycles. The second-order valence-electron chi connectivity index (χ2n) is 11.3. The average molecular weight is 757 g/mol. The van der Waals surface area contributed by atoms with Gasteiger partial charge in [0.15, 0.2) is 0 Å². The molecular weight excluding hydrogens is 726 g/mol. The first-order valence-corrected chi connectivity index (χ1v) is 14.6. The Morgan fingerprint density at radius 3 is 2.34 bits per heavy atom. The van der Waals surface area contributed by atoms with E-state index in [9.17, 15) is 0 Å². The number of pyridine rings is 1. The van der Waals surface area contributed by atoms with Gasteiger partial charge in [0.2, 0.25) is 5.88 Å². The van der Waals surface area contributed by atoms with Gasteiger partial charge in [-0.3, -0.25) is 9.97 Å². The van der Waals surface area contributed by atoms with Crippen molar-refractivity contribution in [2.24, 2.45) is 0 Å². The molecule has 0 N–H and O–H groups in total. The molecule has 0 saturated heterocycles. The van der Waals surface area contributed by atoms with Crippen LogP contribution in [0.1, 0.15) is 50.7 Å². The number of furan rings is 1. The third kappa shape index (κ3) is 5.37. The van der Waals surface area contributed by atoms with E-state index in [2.05, 4.69) is 68.7 Å². The van der Waals surface area contributed by atoms with E-state index in [4.69, 9.17) is 19.1 Å². The maximum atomic E-state index is 6.27. The van der Waals surface area contributed by atoms with Gasteiger partial charge in [0.25, 0.3) is 0 Å². The number of imidazole rings is 1. The van der Waals surface area contributed by atoms with Gasteiger partial charge in [0.05, 0.1) is 11.4 Å². The van der Waals surface area contributed by atoms with Crippen LogP contribution < -0.4 is 4.74 Å². The fourth-order valence-corrected chi connectivity index (χ4v) is 5.72. The third-order valence-electron chi connectivity index (χ3n) is 7.77. The molecule has 5 nitrogen and oxygen atoms in total. The number of para-hydroxylation sites is 2. The fraction of sp³-hybridized carbons (Fsp3) is 0.158. The monoisotopic (exact) mass is 756 g/mol. The Balaban J connectivity index is 0.00000343.